The number of unbranched alkanes of at least 4 members (excludes halogenated alkanes) is 1. The second-order valence-electron chi connectivity index (χ2n) is 9.97. The Labute approximate surface area is 292 Å². The minimum absolute atomic E-state index is 0.0567. The summed E-state index contributed by atoms with van der Waals surface area (Å²) < 4.78 is 9.76. The Hall–Kier alpha value is -3.21. The highest BCUT2D eigenvalue weighted by Gasteiger charge is 2.14. The van der Waals surface area contributed by atoms with Crippen LogP contribution in [0.2, 0.25) is 0 Å². The fourth-order valence-electron chi connectivity index (χ4n) is 3.78. The van der Waals surface area contributed by atoms with E-state index in [9.17, 15) is 14.4 Å². The maximum absolute atomic E-state index is 12.5. The molecule has 0 saturated heterocycles. The highest BCUT2D eigenvalue weighted by molar-refractivity contribution is 7.99. The van der Waals surface area contributed by atoms with Gasteiger partial charge in [0.15, 0.2) is 0 Å². The van der Waals surface area contributed by atoms with E-state index in [0.717, 1.165) is 33.4 Å². The predicted molar refractivity (Wildman–Crippen MR) is 202 cm³/mol. The number of benzene rings is 3. The van der Waals surface area contributed by atoms with Crippen molar-refractivity contribution in [3.8, 4) is 5.75 Å². The average Bonchev–Trinajstić information content (AvgIpc) is 3.12. The van der Waals surface area contributed by atoms with E-state index >= 15 is 0 Å². The number of nitrogens with zero attached hydrogens (tertiary/aromatic N) is 1. The van der Waals surface area contributed by atoms with Crippen molar-refractivity contribution in [3.63, 3.8) is 0 Å². The van der Waals surface area contributed by atoms with Gasteiger partial charge in [-0.15, -0.1) is 11.8 Å². The third-order valence-corrected chi connectivity index (χ3v) is 8.08. The molecule has 0 atom stereocenters. The first kappa shape index (κ1) is 43.8. The Morgan fingerprint density at radius 1 is 0.830 bits per heavy atom. The van der Waals surface area contributed by atoms with Crippen LogP contribution in [0.3, 0.4) is 0 Å². The van der Waals surface area contributed by atoms with E-state index in [1.165, 1.54) is 37.5 Å². The second-order valence-corrected chi connectivity index (χ2v) is 12.1. The summed E-state index contributed by atoms with van der Waals surface area (Å²) in [5, 5.41) is 7.77. The van der Waals surface area contributed by atoms with E-state index in [0.29, 0.717) is 25.4 Å². The van der Waals surface area contributed by atoms with Crippen LogP contribution < -0.4 is 15.4 Å². The molecule has 3 rings (SSSR count). The van der Waals surface area contributed by atoms with Crippen molar-refractivity contribution in [1.82, 2.24) is 15.5 Å². The van der Waals surface area contributed by atoms with Crippen molar-refractivity contribution < 1.29 is 23.9 Å². The summed E-state index contributed by atoms with van der Waals surface area (Å²) in [6, 6.07) is 22.0. The van der Waals surface area contributed by atoms with Gasteiger partial charge in [0.1, 0.15) is 12.3 Å². The number of thioether (sulfide) groups is 2. The lowest BCUT2D eigenvalue weighted by Crippen LogP contribution is -2.42. The number of methoxy groups -OCH3 is 2. The third-order valence-electron chi connectivity index (χ3n) is 6.50. The molecule has 0 heterocycles. The van der Waals surface area contributed by atoms with Gasteiger partial charge in [-0.3, -0.25) is 19.3 Å². The number of nitrogens with one attached hydrogen (secondary N) is 2. The Morgan fingerprint density at radius 2 is 1.47 bits per heavy atom. The van der Waals surface area contributed by atoms with Gasteiger partial charge in [-0.25, -0.2) is 0 Å². The quantitative estimate of drug-likeness (QED) is 0.153. The van der Waals surface area contributed by atoms with Gasteiger partial charge in [0.2, 0.25) is 11.8 Å². The number of esters is 1. The van der Waals surface area contributed by atoms with Gasteiger partial charge >= 0.3 is 5.97 Å². The lowest BCUT2D eigenvalue weighted by molar-refractivity contribution is -0.141. The zero-order valence-corrected chi connectivity index (χ0v) is 31.4. The van der Waals surface area contributed by atoms with Crippen molar-refractivity contribution in [2.75, 3.05) is 58.2 Å². The number of fused-ring (bicyclic) bond motifs is 1. The van der Waals surface area contributed by atoms with Crippen LogP contribution >= 0.6 is 23.5 Å². The number of hydrogen-bond donors (Lipinski definition) is 2. The fourth-order valence-corrected chi connectivity index (χ4v) is 4.59. The molecule has 2 N–H and O–H groups in total. The number of hydrogen-bond acceptors (Lipinski definition) is 8. The molecular weight excluding hydrogens is 631 g/mol. The summed E-state index contributed by atoms with van der Waals surface area (Å²) in [5.74, 6) is 2.26. The van der Waals surface area contributed by atoms with Crippen LogP contribution in [-0.2, 0) is 31.4 Å². The lowest BCUT2D eigenvalue weighted by Gasteiger charge is -2.23. The zero-order chi connectivity index (χ0) is 35.3. The van der Waals surface area contributed by atoms with Crippen molar-refractivity contribution in [2.45, 2.75) is 59.8 Å². The highest BCUT2D eigenvalue weighted by Crippen LogP contribution is 2.20. The minimum atomic E-state index is -0.506. The van der Waals surface area contributed by atoms with E-state index in [-0.39, 0.29) is 24.9 Å². The molecule has 8 nitrogen and oxygen atoms in total. The predicted octanol–water partition coefficient (Wildman–Crippen LogP) is 7.19. The molecule has 3 aromatic rings. The summed E-state index contributed by atoms with van der Waals surface area (Å²) >= 11 is 3.39. The molecule has 0 aromatic heterocycles. The first-order chi connectivity index (χ1) is 22.8. The monoisotopic (exact) mass is 687 g/mol. The first-order valence-corrected chi connectivity index (χ1v) is 18.8. The van der Waals surface area contributed by atoms with E-state index in [2.05, 4.69) is 60.6 Å². The number of amides is 2. The van der Waals surface area contributed by atoms with Crippen LogP contribution in [-0.4, -0.2) is 80.8 Å². The Morgan fingerprint density at radius 3 is 2.06 bits per heavy atom. The topological polar surface area (TPSA) is 97.0 Å². The Balaban J connectivity index is 0.00000187. The Kier molecular flexibility index (Phi) is 27.0. The molecule has 0 unspecified atom stereocenters. The largest absolute Gasteiger partial charge is 0.497 e. The molecule has 0 saturated carbocycles. The molecule has 0 aliphatic heterocycles. The normalized spacial score (nSPS) is 9.89. The summed E-state index contributed by atoms with van der Waals surface area (Å²) in [6.07, 6.45) is 4.74. The number of ether oxygens (including phenoxy) is 2. The summed E-state index contributed by atoms with van der Waals surface area (Å²) in [4.78, 5) is 38.2. The molecule has 0 spiro atoms. The first-order valence-electron chi connectivity index (χ1n) is 16.3. The molecule has 0 fully saturated rings. The fraction of sp³-hybridized carbons (Fsp3) is 0.486. The van der Waals surface area contributed by atoms with Crippen LogP contribution in [0.1, 0.15) is 58.6 Å². The second kappa shape index (κ2) is 29.0. The van der Waals surface area contributed by atoms with Crippen molar-refractivity contribution in [2.24, 2.45) is 0 Å². The summed E-state index contributed by atoms with van der Waals surface area (Å²) in [6.45, 7) is 11.8. The van der Waals surface area contributed by atoms with Gasteiger partial charge in [0.25, 0.3) is 0 Å². The number of rotatable bonds is 16. The number of carbonyl (C=O) groups excluding carboxylic acids is 3. The van der Waals surface area contributed by atoms with Gasteiger partial charge in [-0.1, -0.05) is 102 Å². The van der Waals surface area contributed by atoms with Crippen LogP contribution in [0.4, 0.5) is 0 Å². The average molecular weight is 688 g/mol. The third kappa shape index (κ3) is 20.6. The van der Waals surface area contributed by atoms with Gasteiger partial charge < -0.3 is 20.1 Å². The zero-order valence-electron chi connectivity index (χ0n) is 29.7. The summed E-state index contributed by atoms with van der Waals surface area (Å²) in [7, 11) is 2.91. The van der Waals surface area contributed by atoms with Gasteiger partial charge in [-0.05, 0) is 46.0 Å². The molecule has 0 radical (unpaired) electrons. The van der Waals surface area contributed by atoms with E-state index in [1.54, 1.807) is 7.11 Å². The van der Waals surface area contributed by atoms with E-state index in [1.807, 2.05) is 79.0 Å². The van der Waals surface area contributed by atoms with Crippen LogP contribution in [0, 0.1) is 0 Å². The maximum Gasteiger partial charge on any atom is 0.325 e. The Bertz CT molecular complexity index is 1240. The molecule has 0 bridgehead atoms. The summed E-state index contributed by atoms with van der Waals surface area (Å²) in [5.41, 5.74) is 2.21. The van der Waals surface area contributed by atoms with Crippen molar-refractivity contribution >= 4 is 52.1 Å². The van der Waals surface area contributed by atoms with Crippen molar-refractivity contribution in [1.29, 1.82) is 0 Å². The standard InChI is InChI=1S/C28H33N3O5S.C4H10.C3H8S.C2H6/c1-35-24-12-10-21(11-13-24)19-37-20-27(33)29-14-15-31(18-26(32)30-16-28(34)36-2)17-23-8-5-7-22-6-3-4-9-25(22)23;2*1-3-4-2;1-2/h3-13H,14-20H2,1-2H3,(H,29,33)(H,30,32);3-4H2,1-2H3;3H2,1-2H3;1-2H3. The smallest absolute Gasteiger partial charge is 0.325 e. The maximum atomic E-state index is 12.5. The molecule has 10 heteroatoms. The van der Waals surface area contributed by atoms with Crippen LogP contribution in [0.15, 0.2) is 66.7 Å². The SMILES string of the molecule is CC.CCCC.CCSC.COC(=O)CNC(=O)CN(CCNC(=O)CSCc1ccc(OC)cc1)Cc1cccc2ccccc12. The van der Waals surface area contributed by atoms with Gasteiger partial charge in [-0.2, -0.15) is 11.8 Å². The molecule has 47 heavy (non-hydrogen) atoms. The lowest BCUT2D eigenvalue weighted by atomic mass is 10.0. The highest BCUT2D eigenvalue weighted by atomic mass is 32.2. The van der Waals surface area contributed by atoms with Crippen LogP contribution in [0.5, 0.6) is 5.75 Å². The van der Waals surface area contributed by atoms with Gasteiger partial charge in [0, 0.05) is 25.4 Å². The molecule has 3 aromatic carbocycles. The molecular formula is C37H57N3O5S2. The molecule has 0 aliphatic carbocycles. The minimum Gasteiger partial charge on any atom is -0.497 e. The van der Waals surface area contributed by atoms with Crippen molar-refractivity contribution in [3.05, 3.63) is 77.9 Å². The van der Waals surface area contributed by atoms with Gasteiger partial charge in [0.05, 0.1) is 26.5 Å². The van der Waals surface area contributed by atoms with Crippen LogP contribution in [0.25, 0.3) is 10.8 Å². The number of carbonyl (C=O) groups is 3. The molecule has 0 aliphatic rings. The van der Waals surface area contributed by atoms with E-state index < -0.39 is 5.97 Å². The molecule has 262 valence electrons. The molecule has 2 amide bonds. The van der Waals surface area contributed by atoms with E-state index in [4.69, 9.17) is 4.74 Å².